The lowest BCUT2D eigenvalue weighted by atomic mass is 9.92. The normalized spacial score (nSPS) is 11.9. The fourth-order valence-corrected chi connectivity index (χ4v) is 1.80. The molecule has 0 aliphatic heterocycles. The zero-order valence-electron chi connectivity index (χ0n) is 8.08. The fraction of sp³-hybridized carbons (Fsp3) is 0.667. The Balaban J connectivity index is 2.67. The molecule has 3 nitrogen and oxygen atoms in total. The molecule has 0 spiro atoms. The number of anilines is 1. The first kappa shape index (κ1) is 10.5. The van der Waals surface area contributed by atoms with Crippen LogP contribution in [0.3, 0.4) is 0 Å². The molecule has 0 radical (unpaired) electrons. The van der Waals surface area contributed by atoms with Crippen LogP contribution in [0.1, 0.15) is 32.4 Å². The second kappa shape index (κ2) is 4.07. The van der Waals surface area contributed by atoms with Crippen molar-refractivity contribution in [1.82, 2.24) is 4.98 Å². The molecule has 0 aromatic carbocycles. The fourth-order valence-electron chi connectivity index (χ4n) is 1.24. The van der Waals surface area contributed by atoms with Crippen LogP contribution in [0.5, 0.6) is 0 Å². The highest BCUT2D eigenvalue weighted by Gasteiger charge is 2.23. The first-order chi connectivity index (χ1) is 6.09. The molecule has 0 aliphatic rings. The molecule has 0 atom stereocenters. The summed E-state index contributed by atoms with van der Waals surface area (Å²) in [4.78, 5) is 4.13. The zero-order valence-corrected chi connectivity index (χ0v) is 8.90. The van der Waals surface area contributed by atoms with Crippen molar-refractivity contribution < 1.29 is 5.11 Å². The first-order valence-corrected chi connectivity index (χ1v) is 5.40. The van der Waals surface area contributed by atoms with E-state index in [9.17, 15) is 5.11 Å². The van der Waals surface area contributed by atoms with Gasteiger partial charge in [-0.15, -0.1) is 11.3 Å². The topological polar surface area (TPSA) is 59.1 Å². The van der Waals surface area contributed by atoms with E-state index in [1.54, 1.807) is 0 Å². The molecule has 0 saturated carbocycles. The lowest BCUT2D eigenvalue weighted by Gasteiger charge is -2.23. The molecule has 0 fully saturated rings. The van der Waals surface area contributed by atoms with Crippen LogP contribution in [0, 0.1) is 0 Å². The Kier molecular flexibility index (Phi) is 3.27. The minimum absolute atomic E-state index is 0.574. The smallest absolute Gasteiger partial charge is 0.180 e. The Bertz CT molecular complexity index is 268. The maximum atomic E-state index is 10.0. The van der Waals surface area contributed by atoms with Crippen molar-refractivity contribution in [3.8, 4) is 0 Å². The van der Waals surface area contributed by atoms with Crippen LogP contribution in [0.15, 0.2) is 5.38 Å². The molecule has 1 aromatic rings. The van der Waals surface area contributed by atoms with E-state index in [1.807, 2.05) is 19.2 Å². The summed E-state index contributed by atoms with van der Waals surface area (Å²) in [5, 5.41) is 12.5. The summed E-state index contributed by atoms with van der Waals surface area (Å²) in [7, 11) is 0. The largest absolute Gasteiger partial charge is 0.390 e. The second-order valence-corrected chi connectivity index (χ2v) is 4.17. The standard InChI is InChI=1S/C9H16N2OS/c1-3-9(12,4-2)5-7-6-13-8(10)11-7/h6,12H,3-5H2,1-2H3,(H2,10,11). The van der Waals surface area contributed by atoms with Gasteiger partial charge in [-0.3, -0.25) is 0 Å². The van der Waals surface area contributed by atoms with Crippen LogP contribution in [0.4, 0.5) is 5.13 Å². The third-order valence-electron chi connectivity index (χ3n) is 2.40. The van der Waals surface area contributed by atoms with E-state index < -0.39 is 5.60 Å². The van der Waals surface area contributed by atoms with Gasteiger partial charge < -0.3 is 10.8 Å². The lowest BCUT2D eigenvalue weighted by molar-refractivity contribution is 0.0319. The van der Waals surface area contributed by atoms with Crippen LogP contribution < -0.4 is 5.73 Å². The Morgan fingerprint density at radius 3 is 2.54 bits per heavy atom. The summed E-state index contributed by atoms with van der Waals surface area (Å²) in [6.07, 6.45) is 2.11. The molecule has 0 unspecified atom stereocenters. The molecular weight excluding hydrogens is 184 g/mol. The number of hydrogen-bond acceptors (Lipinski definition) is 4. The van der Waals surface area contributed by atoms with Gasteiger partial charge in [0.2, 0.25) is 0 Å². The number of aromatic nitrogens is 1. The first-order valence-electron chi connectivity index (χ1n) is 4.52. The number of aliphatic hydroxyl groups is 1. The van der Waals surface area contributed by atoms with Crippen molar-refractivity contribution >= 4 is 16.5 Å². The van der Waals surface area contributed by atoms with E-state index >= 15 is 0 Å². The third-order valence-corrected chi connectivity index (χ3v) is 3.12. The molecule has 0 bridgehead atoms. The van der Waals surface area contributed by atoms with Gasteiger partial charge in [0.15, 0.2) is 5.13 Å². The Labute approximate surface area is 82.6 Å². The van der Waals surface area contributed by atoms with E-state index in [1.165, 1.54) is 11.3 Å². The van der Waals surface area contributed by atoms with Crippen molar-refractivity contribution in [2.45, 2.75) is 38.7 Å². The summed E-state index contributed by atoms with van der Waals surface area (Å²) in [5.41, 5.74) is 5.79. The van der Waals surface area contributed by atoms with Crippen LogP contribution in [-0.2, 0) is 6.42 Å². The van der Waals surface area contributed by atoms with Gasteiger partial charge in [-0.1, -0.05) is 13.8 Å². The number of nitrogen functional groups attached to an aromatic ring is 1. The molecule has 0 aliphatic carbocycles. The Morgan fingerprint density at radius 1 is 1.54 bits per heavy atom. The Hall–Kier alpha value is -0.610. The number of thiazole rings is 1. The number of hydrogen-bond donors (Lipinski definition) is 2. The second-order valence-electron chi connectivity index (χ2n) is 3.29. The maximum absolute atomic E-state index is 10.0. The average Bonchev–Trinajstić information content (AvgIpc) is 2.51. The molecule has 0 saturated heterocycles. The maximum Gasteiger partial charge on any atom is 0.180 e. The van der Waals surface area contributed by atoms with Crippen LogP contribution in [0.2, 0.25) is 0 Å². The van der Waals surface area contributed by atoms with Crippen molar-refractivity contribution in [3.63, 3.8) is 0 Å². The van der Waals surface area contributed by atoms with Gasteiger partial charge in [0.1, 0.15) is 0 Å². The minimum atomic E-state index is -0.611. The van der Waals surface area contributed by atoms with E-state index in [4.69, 9.17) is 5.73 Å². The summed E-state index contributed by atoms with van der Waals surface area (Å²) < 4.78 is 0. The highest BCUT2D eigenvalue weighted by Crippen LogP contribution is 2.22. The monoisotopic (exact) mass is 200 g/mol. The minimum Gasteiger partial charge on any atom is -0.390 e. The van der Waals surface area contributed by atoms with E-state index in [0.717, 1.165) is 18.5 Å². The SMILES string of the molecule is CCC(O)(CC)Cc1csc(N)n1. The average molecular weight is 200 g/mol. The van der Waals surface area contributed by atoms with Gasteiger partial charge in [0.05, 0.1) is 11.3 Å². The van der Waals surface area contributed by atoms with E-state index in [0.29, 0.717) is 11.6 Å². The van der Waals surface area contributed by atoms with Crippen molar-refractivity contribution in [3.05, 3.63) is 11.1 Å². The molecule has 1 aromatic heterocycles. The predicted molar refractivity (Wildman–Crippen MR) is 55.8 cm³/mol. The van der Waals surface area contributed by atoms with E-state index in [-0.39, 0.29) is 0 Å². The molecule has 3 N–H and O–H groups in total. The summed E-state index contributed by atoms with van der Waals surface area (Å²) in [5.74, 6) is 0. The highest BCUT2D eigenvalue weighted by molar-refractivity contribution is 7.13. The van der Waals surface area contributed by atoms with Gasteiger partial charge >= 0.3 is 0 Å². The molecule has 1 heterocycles. The number of rotatable bonds is 4. The highest BCUT2D eigenvalue weighted by atomic mass is 32.1. The number of nitrogens with two attached hydrogens (primary N) is 1. The summed E-state index contributed by atoms with van der Waals surface area (Å²) >= 11 is 1.42. The number of nitrogens with zero attached hydrogens (tertiary/aromatic N) is 1. The Morgan fingerprint density at radius 2 is 2.15 bits per heavy atom. The predicted octanol–water partition coefficient (Wildman–Crippen LogP) is 1.82. The van der Waals surface area contributed by atoms with Gasteiger partial charge in [-0.2, -0.15) is 0 Å². The lowest BCUT2D eigenvalue weighted by Crippen LogP contribution is -2.29. The molecule has 1 rings (SSSR count). The van der Waals surface area contributed by atoms with Gasteiger partial charge in [0.25, 0.3) is 0 Å². The van der Waals surface area contributed by atoms with E-state index in [2.05, 4.69) is 4.98 Å². The summed E-state index contributed by atoms with van der Waals surface area (Å²) in [6, 6.07) is 0. The molecule has 4 heteroatoms. The van der Waals surface area contributed by atoms with Gasteiger partial charge in [-0.05, 0) is 12.8 Å². The van der Waals surface area contributed by atoms with Crippen LogP contribution in [0.25, 0.3) is 0 Å². The molecule has 74 valence electrons. The molecule has 13 heavy (non-hydrogen) atoms. The van der Waals surface area contributed by atoms with Crippen LogP contribution in [-0.4, -0.2) is 15.7 Å². The van der Waals surface area contributed by atoms with Crippen molar-refractivity contribution in [1.29, 1.82) is 0 Å². The summed E-state index contributed by atoms with van der Waals surface area (Å²) in [6.45, 7) is 3.97. The quantitative estimate of drug-likeness (QED) is 0.779. The zero-order chi connectivity index (χ0) is 9.90. The van der Waals surface area contributed by atoms with Crippen LogP contribution >= 0.6 is 11.3 Å². The van der Waals surface area contributed by atoms with Crippen molar-refractivity contribution in [2.24, 2.45) is 0 Å². The molecular formula is C9H16N2OS. The molecule has 0 amide bonds. The van der Waals surface area contributed by atoms with Gasteiger partial charge in [0, 0.05) is 11.8 Å². The third kappa shape index (κ3) is 2.67. The van der Waals surface area contributed by atoms with Gasteiger partial charge in [-0.25, -0.2) is 4.98 Å². The van der Waals surface area contributed by atoms with Crippen molar-refractivity contribution in [2.75, 3.05) is 5.73 Å².